The molecule has 28 heavy (non-hydrogen) atoms. The first kappa shape index (κ1) is 19.6. The predicted octanol–water partition coefficient (Wildman–Crippen LogP) is 3.11. The molecule has 0 aliphatic rings. The van der Waals surface area contributed by atoms with Gasteiger partial charge in [-0.05, 0) is 46.8 Å². The van der Waals surface area contributed by atoms with Gasteiger partial charge >= 0.3 is 0 Å². The lowest BCUT2D eigenvalue weighted by atomic mass is 10.1. The maximum atomic E-state index is 12.8. The Bertz CT molecular complexity index is 1010. The lowest BCUT2D eigenvalue weighted by molar-refractivity contribution is -0.135. The van der Waals surface area contributed by atoms with E-state index < -0.39 is 5.56 Å². The fourth-order valence-corrected chi connectivity index (χ4v) is 3.26. The standard InChI is InChI=1S/C20H24N4O4/c1-12(2)24(13(3)4)19(26)11-23-18(25)10-15(17-9-14(5)22-28-17)20(21-23)16-7-6-8-27-16/h6-10,12-13H,11H2,1-5H3. The van der Waals surface area contributed by atoms with Crippen molar-refractivity contribution in [1.29, 1.82) is 0 Å². The Kier molecular flexibility index (Phi) is 5.48. The van der Waals surface area contributed by atoms with E-state index in [1.807, 2.05) is 27.7 Å². The van der Waals surface area contributed by atoms with Gasteiger partial charge in [0.15, 0.2) is 11.5 Å². The highest BCUT2D eigenvalue weighted by Gasteiger charge is 2.23. The van der Waals surface area contributed by atoms with Crippen LogP contribution in [-0.4, -0.2) is 37.8 Å². The molecule has 3 aromatic rings. The number of carbonyl (C=O) groups is 1. The number of aromatic nitrogens is 3. The lowest BCUT2D eigenvalue weighted by Gasteiger charge is -2.30. The van der Waals surface area contributed by atoms with E-state index in [0.29, 0.717) is 28.5 Å². The number of amides is 1. The minimum Gasteiger partial charge on any atom is -0.463 e. The highest BCUT2D eigenvalue weighted by molar-refractivity contribution is 5.77. The average Bonchev–Trinajstić information content (AvgIpc) is 3.27. The zero-order valence-corrected chi connectivity index (χ0v) is 16.7. The fraction of sp³-hybridized carbons (Fsp3) is 0.400. The number of carbonyl (C=O) groups excluding carboxylic acids is 1. The second-order valence-electron chi connectivity index (χ2n) is 7.20. The van der Waals surface area contributed by atoms with Crippen LogP contribution >= 0.6 is 0 Å². The van der Waals surface area contributed by atoms with Crippen LogP contribution in [0.2, 0.25) is 0 Å². The Morgan fingerprint density at radius 3 is 2.43 bits per heavy atom. The van der Waals surface area contributed by atoms with E-state index in [-0.39, 0.29) is 24.5 Å². The van der Waals surface area contributed by atoms with Crippen molar-refractivity contribution < 1.29 is 13.7 Å². The first-order chi connectivity index (χ1) is 13.3. The van der Waals surface area contributed by atoms with Gasteiger partial charge in [-0.1, -0.05) is 5.16 Å². The number of furan rings is 1. The first-order valence-corrected chi connectivity index (χ1v) is 9.18. The van der Waals surface area contributed by atoms with E-state index in [1.165, 1.54) is 12.3 Å². The van der Waals surface area contributed by atoms with Crippen LogP contribution in [0.15, 0.2) is 44.3 Å². The van der Waals surface area contributed by atoms with Crippen molar-refractivity contribution in [2.75, 3.05) is 0 Å². The second kappa shape index (κ2) is 7.84. The summed E-state index contributed by atoms with van der Waals surface area (Å²) < 4.78 is 11.9. The summed E-state index contributed by atoms with van der Waals surface area (Å²) in [7, 11) is 0. The van der Waals surface area contributed by atoms with E-state index >= 15 is 0 Å². The van der Waals surface area contributed by atoms with E-state index in [1.54, 1.807) is 30.0 Å². The van der Waals surface area contributed by atoms with Gasteiger partial charge in [0.2, 0.25) is 5.91 Å². The number of aryl methyl sites for hydroxylation is 1. The van der Waals surface area contributed by atoms with Gasteiger partial charge in [0.1, 0.15) is 12.2 Å². The second-order valence-corrected chi connectivity index (χ2v) is 7.20. The molecule has 0 N–H and O–H groups in total. The smallest absolute Gasteiger partial charge is 0.268 e. The number of hydrogen-bond acceptors (Lipinski definition) is 6. The molecule has 0 aromatic carbocycles. The van der Waals surface area contributed by atoms with Gasteiger partial charge in [0, 0.05) is 24.2 Å². The predicted molar refractivity (Wildman–Crippen MR) is 104 cm³/mol. The minimum atomic E-state index is -0.403. The van der Waals surface area contributed by atoms with Crippen molar-refractivity contribution >= 4 is 5.91 Å². The zero-order valence-electron chi connectivity index (χ0n) is 16.7. The summed E-state index contributed by atoms with van der Waals surface area (Å²) in [6.45, 7) is 9.41. The molecule has 3 heterocycles. The molecule has 3 rings (SSSR count). The van der Waals surface area contributed by atoms with Crippen molar-refractivity contribution in [3.8, 4) is 22.8 Å². The summed E-state index contributed by atoms with van der Waals surface area (Å²) in [6, 6.07) is 6.62. The average molecular weight is 384 g/mol. The first-order valence-electron chi connectivity index (χ1n) is 9.18. The topological polar surface area (TPSA) is 94.4 Å². The maximum Gasteiger partial charge on any atom is 0.268 e. The monoisotopic (exact) mass is 384 g/mol. The van der Waals surface area contributed by atoms with Gasteiger partial charge in [-0.15, -0.1) is 0 Å². The van der Waals surface area contributed by atoms with Crippen LogP contribution in [0.3, 0.4) is 0 Å². The highest BCUT2D eigenvalue weighted by atomic mass is 16.5. The molecule has 0 bridgehead atoms. The Morgan fingerprint density at radius 1 is 1.18 bits per heavy atom. The van der Waals surface area contributed by atoms with Gasteiger partial charge in [-0.2, -0.15) is 5.10 Å². The molecule has 0 aliphatic carbocycles. The Labute approximate surface area is 162 Å². The van der Waals surface area contributed by atoms with Gasteiger partial charge in [0.05, 0.1) is 17.5 Å². The molecule has 0 atom stereocenters. The fourth-order valence-electron chi connectivity index (χ4n) is 3.26. The van der Waals surface area contributed by atoms with E-state index in [0.717, 1.165) is 4.68 Å². The molecule has 1 amide bonds. The molecule has 0 radical (unpaired) electrons. The number of nitrogens with zero attached hydrogens (tertiary/aromatic N) is 4. The molecule has 0 spiro atoms. The van der Waals surface area contributed by atoms with E-state index in [2.05, 4.69) is 10.3 Å². The van der Waals surface area contributed by atoms with Crippen molar-refractivity contribution in [1.82, 2.24) is 19.8 Å². The molecule has 148 valence electrons. The van der Waals surface area contributed by atoms with Gasteiger partial charge in [-0.25, -0.2) is 4.68 Å². The molecular weight excluding hydrogens is 360 g/mol. The van der Waals surface area contributed by atoms with E-state index in [4.69, 9.17) is 8.94 Å². The molecule has 0 unspecified atom stereocenters. The van der Waals surface area contributed by atoms with Crippen LogP contribution in [0.4, 0.5) is 0 Å². The van der Waals surface area contributed by atoms with Crippen LogP contribution in [-0.2, 0) is 11.3 Å². The minimum absolute atomic E-state index is 0.0178. The van der Waals surface area contributed by atoms with Crippen LogP contribution in [0.1, 0.15) is 33.4 Å². The molecule has 3 aromatic heterocycles. The summed E-state index contributed by atoms with van der Waals surface area (Å²) in [5.41, 5.74) is 1.16. The quantitative estimate of drug-likeness (QED) is 0.648. The summed E-state index contributed by atoms with van der Waals surface area (Å²) in [5, 5.41) is 8.29. The Hall–Kier alpha value is -3.16. The molecule has 0 fully saturated rings. The van der Waals surface area contributed by atoms with Crippen molar-refractivity contribution in [3.63, 3.8) is 0 Å². The third kappa shape index (κ3) is 3.90. The molecule has 8 nitrogen and oxygen atoms in total. The molecule has 0 saturated carbocycles. The van der Waals surface area contributed by atoms with Crippen molar-refractivity contribution in [2.45, 2.75) is 53.2 Å². The molecule has 0 saturated heterocycles. The van der Waals surface area contributed by atoms with Crippen LogP contribution < -0.4 is 5.56 Å². The number of hydrogen-bond donors (Lipinski definition) is 0. The molecular formula is C20H24N4O4. The van der Waals surface area contributed by atoms with Crippen molar-refractivity contribution in [3.05, 3.63) is 46.6 Å². The van der Waals surface area contributed by atoms with Crippen molar-refractivity contribution in [2.24, 2.45) is 0 Å². The summed E-state index contributed by atoms with van der Waals surface area (Å²) in [4.78, 5) is 27.2. The van der Waals surface area contributed by atoms with Gasteiger partial charge < -0.3 is 13.8 Å². The SMILES string of the molecule is Cc1cc(-c2cc(=O)n(CC(=O)N(C(C)C)C(C)C)nc2-c2ccco2)on1. The van der Waals surface area contributed by atoms with Crippen LogP contribution in [0, 0.1) is 6.92 Å². The molecule has 8 heteroatoms. The van der Waals surface area contributed by atoms with Crippen LogP contribution in [0.5, 0.6) is 0 Å². The molecule has 0 aliphatic heterocycles. The summed E-state index contributed by atoms with van der Waals surface area (Å²) in [5.74, 6) is 0.709. The normalized spacial score (nSPS) is 11.4. The van der Waals surface area contributed by atoms with Gasteiger partial charge in [-0.3, -0.25) is 9.59 Å². The summed E-state index contributed by atoms with van der Waals surface area (Å²) in [6.07, 6.45) is 1.52. The third-order valence-electron chi connectivity index (χ3n) is 4.33. The van der Waals surface area contributed by atoms with Crippen LogP contribution in [0.25, 0.3) is 22.8 Å². The van der Waals surface area contributed by atoms with E-state index in [9.17, 15) is 9.59 Å². The lowest BCUT2D eigenvalue weighted by Crippen LogP contribution is -2.45. The third-order valence-corrected chi connectivity index (χ3v) is 4.33. The highest BCUT2D eigenvalue weighted by Crippen LogP contribution is 2.29. The Morgan fingerprint density at radius 2 is 1.89 bits per heavy atom. The maximum absolute atomic E-state index is 12.8. The number of rotatable bonds is 6. The Balaban J connectivity index is 2.06. The largest absolute Gasteiger partial charge is 0.463 e. The summed E-state index contributed by atoms with van der Waals surface area (Å²) >= 11 is 0. The zero-order chi connectivity index (χ0) is 20.4. The van der Waals surface area contributed by atoms with Gasteiger partial charge in [0.25, 0.3) is 5.56 Å².